The van der Waals surface area contributed by atoms with Crippen LogP contribution in [-0.2, 0) is 0 Å². The highest BCUT2D eigenvalue weighted by atomic mass is 14.8. The molecule has 0 saturated heterocycles. The molecule has 0 saturated carbocycles. The molecule has 0 aliphatic heterocycles. The molecule has 1 heteroatoms. The average Bonchev–Trinajstić information content (AvgIpc) is 2.27. The fourth-order valence-corrected chi connectivity index (χ4v) is 1.19. The Hall–Kier alpha value is -1.24. The molecule has 64 valence electrons. The van der Waals surface area contributed by atoms with Gasteiger partial charge in [0.1, 0.15) is 0 Å². The Bertz CT molecular complexity index is 267. The summed E-state index contributed by atoms with van der Waals surface area (Å²) in [5, 5.41) is 3.14. The van der Waals surface area contributed by atoms with Crippen molar-refractivity contribution in [2.45, 2.75) is 13.3 Å². The molecule has 0 aromatic carbocycles. The summed E-state index contributed by atoms with van der Waals surface area (Å²) in [6.07, 6.45) is 9.32. The summed E-state index contributed by atoms with van der Waals surface area (Å²) in [4.78, 5) is 0. The molecule has 0 radical (unpaired) electrons. The first kappa shape index (κ1) is 8.85. The highest BCUT2D eigenvalue weighted by molar-refractivity contribution is 5.42. The van der Waals surface area contributed by atoms with Gasteiger partial charge in [0.25, 0.3) is 0 Å². The Labute approximate surface area is 74.2 Å². The van der Waals surface area contributed by atoms with E-state index in [2.05, 4.69) is 37.0 Å². The van der Waals surface area contributed by atoms with Gasteiger partial charge in [0.2, 0.25) is 0 Å². The molecular formula is C11H15N. The van der Waals surface area contributed by atoms with Gasteiger partial charge in [0.15, 0.2) is 0 Å². The largest absolute Gasteiger partial charge is 0.388 e. The van der Waals surface area contributed by atoms with Crippen molar-refractivity contribution >= 4 is 0 Å². The first-order chi connectivity index (χ1) is 5.77. The summed E-state index contributed by atoms with van der Waals surface area (Å²) in [5.74, 6) is 0. The zero-order valence-electron chi connectivity index (χ0n) is 7.72. The van der Waals surface area contributed by atoms with E-state index in [1.807, 2.05) is 13.1 Å². The molecular weight excluding hydrogens is 146 g/mol. The zero-order chi connectivity index (χ0) is 8.97. The van der Waals surface area contributed by atoms with Crippen LogP contribution in [0.2, 0.25) is 0 Å². The summed E-state index contributed by atoms with van der Waals surface area (Å²) in [5.41, 5.74) is 3.70. The molecule has 12 heavy (non-hydrogen) atoms. The van der Waals surface area contributed by atoms with Gasteiger partial charge in [-0.05, 0) is 25.0 Å². The molecule has 0 amide bonds. The lowest BCUT2D eigenvalue weighted by Crippen LogP contribution is -2.06. The molecule has 1 rings (SSSR count). The standard InChI is InChI=1S/C11H15N/c1-4-10-7-5-9(2)6-8-11(10)12-3/h4,6-8,12H,1,5H2,2-3H3. The summed E-state index contributed by atoms with van der Waals surface area (Å²) < 4.78 is 0. The lowest BCUT2D eigenvalue weighted by molar-refractivity contribution is 1.01. The number of rotatable bonds is 2. The topological polar surface area (TPSA) is 12.0 Å². The first-order valence-electron chi connectivity index (χ1n) is 4.16. The maximum atomic E-state index is 3.78. The Balaban J connectivity index is 2.97. The average molecular weight is 161 g/mol. The van der Waals surface area contributed by atoms with E-state index in [4.69, 9.17) is 0 Å². The predicted molar refractivity (Wildman–Crippen MR) is 53.8 cm³/mol. The number of likely N-dealkylation sites (N-methyl/N-ethyl adjacent to an activating group) is 1. The van der Waals surface area contributed by atoms with Crippen molar-refractivity contribution in [3.05, 3.63) is 47.7 Å². The lowest BCUT2D eigenvalue weighted by Gasteiger charge is -2.04. The van der Waals surface area contributed by atoms with Crippen LogP contribution in [0.25, 0.3) is 0 Å². The second kappa shape index (κ2) is 3.96. The molecule has 0 aromatic rings. The number of hydrogen-bond donors (Lipinski definition) is 1. The Morgan fingerprint density at radius 1 is 1.50 bits per heavy atom. The van der Waals surface area contributed by atoms with Crippen molar-refractivity contribution in [1.82, 2.24) is 5.32 Å². The van der Waals surface area contributed by atoms with E-state index in [0.717, 1.165) is 12.1 Å². The molecule has 0 unspecified atom stereocenters. The number of nitrogens with one attached hydrogen (secondary N) is 1. The van der Waals surface area contributed by atoms with Gasteiger partial charge in [0.05, 0.1) is 0 Å². The van der Waals surface area contributed by atoms with Crippen LogP contribution in [-0.4, -0.2) is 7.05 Å². The van der Waals surface area contributed by atoms with Crippen LogP contribution in [0, 0.1) is 0 Å². The Morgan fingerprint density at radius 2 is 2.25 bits per heavy atom. The Morgan fingerprint density at radius 3 is 2.83 bits per heavy atom. The molecule has 1 nitrogen and oxygen atoms in total. The van der Waals surface area contributed by atoms with Crippen LogP contribution < -0.4 is 5.32 Å². The minimum absolute atomic E-state index is 1.02. The molecule has 1 N–H and O–H groups in total. The minimum atomic E-state index is 1.02. The zero-order valence-corrected chi connectivity index (χ0v) is 7.72. The number of allylic oxidation sites excluding steroid dienone is 5. The van der Waals surface area contributed by atoms with Gasteiger partial charge in [-0.15, -0.1) is 0 Å². The molecule has 0 spiro atoms. The van der Waals surface area contributed by atoms with Crippen LogP contribution in [0.4, 0.5) is 0 Å². The molecule has 0 heterocycles. The third kappa shape index (κ3) is 1.88. The van der Waals surface area contributed by atoms with E-state index in [-0.39, 0.29) is 0 Å². The van der Waals surface area contributed by atoms with Crippen molar-refractivity contribution in [3.8, 4) is 0 Å². The van der Waals surface area contributed by atoms with E-state index in [1.54, 1.807) is 0 Å². The highest BCUT2D eigenvalue weighted by Gasteiger charge is 2.00. The van der Waals surface area contributed by atoms with Gasteiger partial charge in [-0.1, -0.05) is 30.4 Å². The van der Waals surface area contributed by atoms with E-state index < -0.39 is 0 Å². The van der Waals surface area contributed by atoms with E-state index in [1.165, 1.54) is 11.1 Å². The molecule has 0 aromatic heterocycles. The van der Waals surface area contributed by atoms with Gasteiger partial charge in [-0.2, -0.15) is 0 Å². The maximum absolute atomic E-state index is 3.78. The third-order valence-electron chi connectivity index (χ3n) is 1.98. The van der Waals surface area contributed by atoms with Gasteiger partial charge in [-0.25, -0.2) is 0 Å². The SMILES string of the molecule is C=CC1=CCC(C)=CC=C1NC. The molecule has 1 aliphatic rings. The first-order valence-corrected chi connectivity index (χ1v) is 4.16. The van der Waals surface area contributed by atoms with Crippen LogP contribution in [0.3, 0.4) is 0 Å². The van der Waals surface area contributed by atoms with Crippen LogP contribution in [0.1, 0.15) is 13.3 Å². The molecule has 1 aliphatic carbocycles. The monoisotopic (exact) mass is 161 g/mol. The fraction of sp³-hybridized carbons (Fsp3) is 0.273. The molecule has 0 fully saturated rings. The minimum Gasteiger partial charge on any atom is -0.388 e. The maximum Gasteiger partial charge on any atom is 0.0407 e. The fourth-order valence-electron chi connectivity index (χ4n) is 1.19. The van der Waals surface area contributed by atoms with Crippen molar-refractivity contribution in [2.24, 2.45) is 0 Å². The lowest BCUT2D eigenvalue weighted by atomic mass is 10.1. The third-order valence-corrected chi connectivity index (χ3v) is 1.98. The summed E-state index contributed by atoms with van der Waals surface area (Å²) >= 11 is 0. The van der Waals surface area contributed by atoms with Crippen molar-refractivity contribution in [1.29, 1.82) is 0 Å². The van der Waals surface area contributed by atoms with Crippen molar-refractivity contribution in [3.63, 3.8) is 0 Å². The second-order valence-electron chi connectivity index (χ2n) is 2.91. The summed E-state index contributed by atoms with van der Waals surface area (Å²) in [6, 6.07) is 0. The summed E-state index contributed by atoms with van der Waals surface area (Å²) in [6.45, 7) is 5.91. The van der Waals surface area contributed by atoms with Crippen molar-refractivity contribution < 1.29 is 0 Å². The van der Waals surface area contributed by atoms with E-state index in [9.17, 15) is 0 Å². The van der Waals surface area contributed by atoms with E-state index in [0.29, 0.717) is 0 Å². The predicted octanol–water partition coefficient (Wildman–Crippen LogP) is 2.55. The number of hydrogen-bond acceptors (Lipinski definition) is 1. The van der Waals surface area contributed by atoms with Gasteiger partial charge < -0.3 is 5.32 Å². The molecule has 0 bridgehead atoms. The van der Waals surface area contributed by atoms with Gasteiger partial charge >= 0.3 is 0 Å². The summed E-state index contributed by atoms with van der Waals surface area (Å²) in [7, 11) is 1.93. The van der Waals surface area contributed by atoms with Crippen LogP contribution in [0.5, 0.6) is 0 Å². The molecule has 0 atom stereocenters. The highest BCUT2D eigenvalue weighted by Crippen LogP contribution is 2.16. The Kier molecular flexibility index (Phi) is 2.92. The van der Waals surface area contributed by atoms with Crippen molar-refractivity contribution in [2.75, 3.05) is 7.05 Å². The smallest absolute Gasteiger partial charge is 0.0407 e. The quantitative estimate of drug-likeness (QED) is 0.656. The second-order valence-corrected chi connectivity index (χ2v) is 2.91. The van der Waals surface area contributed by atoms with Gasteiger partial charge in [0, 0.05) is 12.7 Å². The van der Waals surface area contributed by atoms with Crippen LogP contribution >= 0.6 is 0 Å². The normalized spacial score (nSPS) is 17.0. The van der Waals surface area contributed by atoms with Gasteiger partial charge in [-0.3, -0.25) is 0 Å². The van der Waals surface area contributed by atoms with E-state index >= 15 is 0 Å². The van der Waals surface area contributed by atoms with Crippen LogP contribution in [0.15, 0.2) is 47.7 Å².